The third kappa shape index (κ3) is 1.66. The molecule has 6 heteroatoms. The van der Waals surface area contributed by atoms with Crippen molar-refractivity contribution in [1.82, 2.24) is 5.32 Å². The quantitative estimate of drug-likeness (QED) is 0.422. The third-order valence-electron chi connectivity index (χ3n) is 1.45. The molecule has 1 N–H and O–H groups in total. The molecule has 0 aliphatic heterocycles. The predicted octanol–water partition coefficient (Wildman–Crippen LogP) is 1.31. The molecule has 72 valence electrons. The van der Waals surface area contributed by atoms with Gasteiger partial charge in [-0.3, -0.25) is 10.1 Å². The van der Waals surface area contributed by atoms with Gasteiger partial charge in [0.1, 0.15) is 0 Å². The number of nitriles is 1. The van der Waals surface area contributed by atoms with Gasteiger partial charge < -0.3 is 0 Å². The maximum atomic E-state index is 12.9. The molecule has 0 aliphatic rings. The molecule has 0 bridgehead atoms. The molecule has 0 unspecified atom stereocenters. The van der Waals surface area contributed by atoms with E-state index in [-0.39, 0.29) is 0 Å². The Morgan fingerprint density at radius 3 is 2.50 bits per heavy atom. The molecule has 0 saturated carbocycles. The highest BCUT2D eigenvalue weighted by Gasteiger charge is 2.18. The number of carbonyl (C=O) groups excluding carboxylic acids is 1. The van der Waals surface area contributed by atoms with E-state index in [4.69, 9.17) is 5.26 Å². The van der Waals surface area contributed by atoms with Gasteiger partial charge in [-0.15, -0.1) is 0 Å². The lowest BCUT2D eigenvalue weighted by atomic mass is 10.2. The lowest BCUT2D eigenvalue weighted by molar-refractivity contribution is 0.0967. The van der Waals surface area contributed by atoms with Gasteiger partial charge in [0.15, 0.2) is 23.6 Å². The van der Waals surface area contributed by atoms with E-state index in [1.807, 2.05) is 0 Å². The second-order valence-corrected chi connectivity index (χ2v) is 2.29. The summed E-state index contributed by atoms with van der Waals surface area (Å²) in [7, 11) is 0. The van der Waals surface area contributed by atoms with Gasteiger partial charge in [0.05, 0.1) is 5.56 Å². The van der Waals surface area contributed by atoms with Crippen LogP contribution in [0, 0.1) is 28.9 Å². The molecule has 0 aliphatic carbocycles. The molecular formula is C8H3F3N2O. The van der Waals surface area contributed by atoms with E-state index in [0.717, 1.165) is 6.07 Å². The van der Waals surface area contributed by atoms with Crippen LogP contribution in [0.4, 0.5) is 13.2 Å². The number of hydrogen-bond acceptors (Lipinski definition) is 2. The first-order chi connectivity index (χ1) is 6.57. The molecule has 1 amide bonds. The van der Waals surface area contributed by atoms with E-state index in [2.05, 4.69) is 0 Å². The van der Waals surface area contributed by atoms with Crippen LogP contribution in [-0.4, -0.2) is 5.91 Å². The van der Waals surface area contributed by atoms with Crippen LogP contribution in [0.15, 0.2) is 12.1 Å². The number of rotatable bonds is 1. The average Bonchev–Trinajstić information content (AvgIpc) is 2.15. The topological polar surface area (TPSA) is 52.9 Å². The van der Waals surface area contributed by atoms with Crippen molar-refractivity contribution in [3.05, 3.63) is 35.1 Å². The van der Waals surface area contributed by atoms with E-state index in [1.165, 1.54) is 6.19 Å². The number of hydrogen-bond donors (Lipinski definition) is 1. The van der Waals surface area contributed by atoms with Crippen LogP contribution in [0.3, 0.4) is 0 Å². The van der Waals surface area contributed by atoms with Gasteiger partial charge in [-0.2, -0.15) is 5.26 Å². The Bertz CT molecular complexity index is 425. The lowest BCUT2D eigenvalue weighted by Gasteiger charge is -2.01. The van der Waals surface area contributed by atoms with E-state index in [9.17, 15) is 18.0 Å². The summed E-state index contributed by atoms with van der Waals surface area (Å²) in [5, 5.41) is 9.63. The van der Waals surface area contributed by atoms with Gasteiger partial charge in [-0.25, -0.2) is 13.2 Å². The first-order valence-electron chi connectivity index (χ1n) is 3.41. The summed E-state index contributed by atoms with van der Waals surface area (Å²) < 4.78 is 37.8. The highest BCUT2D eigenvalue weighted by atomic mass is 19.2. The summed E-state index contributed by atoms with van der Waals surface area (Å²) in [6.45, 7) is 0. The Hall–Kier alpha value is -2.03. The number of nitrogens with one attached hydrogen (secondary N) is 1. The number of benzene rings is 1. The minimum absolute atomic E-state index is 0.602. The van der Waals surface area contributed by atoms with Gasteiger partial charge in [0.2, 0.25) is 0 Å². The number of carbonyl (C=O) groups is 1. The fourth-order valence-corrected chi connectivity index (χ4v) is 0.819. The summed E-state index contributed by atoms with van der Waals surface area (Å²) in [5.41, 5.74) is -0.717. The molecule has 1 rings (SSSR count). The molecule has 1 aromatic rings. The van der Waals surface area contributed by atoms with Crippen LogP contribution < -0.4 is 5.32 Å². The molecular weight excluding hydrogens is 197 g/mol. The monoisotopic (exact) mass is 200 g/mol. The number of amides is 1. The van der Waals surface area contributed by atoms with Gasteiger partial charge >= 0.3 is 0 Å². The van der Waals surface area contributed by atoms with Crippen molar-refractivity contribution in [1.29, 1.82) is 5.26 Å². The van der Waals surface area contributed by atoms with Crippen molar-refractivity contribution in [3.8, 4) is 6.19 Å². The van der Waals surface area contributed by atoms with E-state index in [0.29, 0.717) is 6.07 Å². The molecule has 0 fully saturated rings. The molecule has 1 aromatic carbocycles. The van der Waals surface area contributed by atoms with Crippen LogP contribution in [0.2, 0.25) is 0 Å². The Morgan fingerprint density at radius 2 is 1.93 bits per heavy atom. The van der Waals surface area contributed by atoms with Gasteiger partial charge in [-0.05, 0) is 12.1 Å². The second kappa shape index (κ2) is 3.79. The fourth-order valence-electron chi connectivity index (χ4n) is 0.819. The van der Waals surface area contributed by atoms with Crippen molar-refractivity contribution >= 4 is 5.91 Å². The SMILES string of the molecule is N#CNC(=O)c1ccc(F)c(F)c1F. The van der Waals surface area contributed by atoms with E-state index in [1.54, 1.807) is 5.32 Å². The second-order valence-electron chi connectivity index (χ2n) is 2.29. The van der Waals surface area contributed by atoms with Crippen molar-refractivity contribution in [2.75, 3.05) is 0 Å². The summed E-state index contributed by atoms with van der Waals surface area (Å²) in [5.74, 6) is -5.87. The standard InChI is InChI=1S/C8H3F3N2O/c9-5-2-1-4(6(10)7(5)11)8(14)13-3-12/h1-2H,(H,13,14). The zero-order valence-electron chi connectivity index (χ0n) is 6.64. The number of nitrogens with zero attached hydrogens (tertiary/aromatic N) is 1. The largest absolute Gasteiger partial charge is 0.268 e. The summed E-state index contributed by atoms with van der Waals surface area (Å²) in [6.07, 6.45) is 1.24. The molecule has 0 aromatic heterocycles. The van der Waals surface area contributed by atoms with Crippen LogP contribution in [0.5, 0.6) is 0 Å². The minimum atomic E-state index is -1.74. The van der Waals surface area contributed by atoms with Gasteiger partial charge in [0.25, 0.3) is 5.91 Å². The number of halogens is 3. The van der Waals surface area contributed by atoms with Gasteiger partial charge in [0, 0.05) is 0 Å². The molecule has 0 spiro atoms. The Balaban J connectivity index is 3.19. The van der Waals surface area contributed by atoms with Crippen LogP contribution in [0.25, 0.3) is 0 Å². The van der Waals surface area contributed by atoms with Gasteiger partial charge in [-0.1, -0.05) is 0 Å². The van der Waals surface area contributed by atoms with E-state index >= 15 is 0 Å². The normalized spacial score (nSPS) is 9.29. The molecule has 14 heavy (non-hydrogen) atoms. The zero-order valence-corrected chi connectivity index (χ0v) is 6.64. The molecule has 3 nitrogen and oxygen atoms in total. The molecule has 0 heterocycles. The molecule has 0 atom stereocenters. The van der Waals surface area contributed by atoms with Crippen molar-refractivity contribution in [3.63, 3.8) is 0 Å². The van der Waals surface area contributed by atoms with Crippen LogP contribution in [0.1, 0.15) is 10.4 Å². The fraction of sp³-hybridized carbons (Fsp3) is 0. The smallest absolute Gasteiger partial charge is 0.267 e. The third-order valence-corrected chi connectivity index (χ3v) is 1.45. The highest BCUT2D eigenvalue weighted by Crippen LogP contribution is 2.14. The van der Waals surface area contributed by atoms with Crippen LogP contribution in [-0.2, 0) is 0 Å². The van der Waals surface area contributed by atoms with Crippen molar-refractivity contribution < 1.29 is 18.0 Å². The summed E-state index contributed by atoms with van der Waals surface area (Å²) in [4.78, 5) is 10.9. The minimum Gasteiger partial charge on any atom is -0.268 e. The Morgan fingerprint density at radius 1 is 1.29 bits per heavy atom. The van der Waals surface area contributed by atoms with E-state index < -0.39 is 28.9 Å². The van der Waals surface area contributed by atoms with Crippen LogP contribution >= 0.6 is 0 Å². The predicted molar refractivity (Wildman–Crippen MR) is 39.4 cm³/mol. The average molecular weight is 200 g/mol. The highest BCUT2D eigenvalue weighted by molar-refractivity contribution is 5.95. The first kappa shape index (κ1) is 10.1. The summed E-state index contributed by atoms with van der Waals surface area (Å²) in [6, 6.07) is 1.35. The van der Waals surface area contributed by atoms with Crippen molar-refractivity contribution in [2.45, 2.75) is 0 Å². The maximum absolute atomic E-state index is 12.9. The molecule has 0 saturated heterocycles. The zero-order chi connectivity index (χ0) is 10.7. The lowest BCUT2D eigenvalue weighted by Crippen LogP contribution is -2.19. The maximum Gasteiger partial charge on any atom is 0.267 e. The Labute approximate surface area is 76.8 Å². The summed E-state index contributed by atoms with van der Waals surface area (Å²) >= 11 is 0. The Kier molecular flexibility index (Phi) is 2.72. The first-order valence-corrected chi connectivity index (χ1v) is 3.41. The molecule has 0 radical (unpaired) electrons. The van der Waals surface area contributed by atoms with Crippen molar-refractivity contribution in [2.24, 2.45) is 0 Å².